The van der Waals surface area contributed by atoms with Gasteiger partial charge in [0.1, 0.15) is 11.6 Å². The van der Waals surface area contributed by atoms with E-state index in [4.69, 9.17) is 11.2 Å². The maximum Gasteiger partial charge on any atom is 0.179 e. The van der Waals surface area contributed by atoms with Crippen molar-refractivity contribution in [3.05, 3.63) is 65.5 Å². The van der Waals surface area contributed by atoms with Crippen molar-refractivity contribution in [3.63, 3.8) is 0 Å². The molecular formula is C16H13FO2. The number of aliphatic hydroxyl groups is 1. The lowest BCUT2D eigenvalue weighted by atomic mass is 9.87. The minimum absolute atomic E-state index is 0.0580. The van der Waals surface area contributed by atoms with Crippen LogP contribution in [-0.2, 0) is 5.60 Å². The highest BCUT2D eigenvalue weighted by Crippen LogP contribution is 2.31. The second-order valence-corrected chi connectivity index (χ2v) is 4.06. The highest BCUT2D eigenvalue weighted by atomic mass is 19.1. The summed E-state index contributed by atoms with van der Waals surface area (Å²) in [4.78, 5) is 0. The summed E-state index contributed by atoms with van der Waals surface area (Å²) in [5, 5.41) is 10.6. The second-order valence-electron chi connectivity index (χ2n) is 4.06. The Labute approximate surface area is 111 Å². The Kier molecular flexibility index (Phi) is 3.55. The van der Waals surface area contributed by atoms with Gasteiger partial charge in [0, 0.05) is 11.1 Å². The van der Waals surface area contributed by atoms with Crippen LogP contribution < -0.4 is 4.74 Å². The van der Waals surface area contributed by atoms with E-state index < -0.39 is 11.4 Å². The van der Waals surface area contributed by atoms with Gasteiger partial charge < -0.3 is 9.84 Å². The smallest absolute Gasteiger partial charge is 0.179 e. The van der Waals surface area contributed by atoms with Gasteiger partial charge in [-0.2, -0.15) is 0 Å². The molecule has 2 aromatic carbocycles. The lowest BCUT2D eigenvalue weighted by Gasteiger charge is -2.23. The number of benzene rings is 2. The molecular weight excluding hydrogens is 243 g/mol. The predicted molar refractivity (Wildman–Crippen MR) is 71.2 cm³/mol. The molecule has 19 heavy (non-hydrogen) atoms. The van der Waals surface area contributed by atoms with Gasteiger partial charge in [-0.3, -0.25) is 0 Å². The maximum atomic E-state index is 13.8. The molecule has 1 N–H and O–H groups in total. The Morgan fingerprint density at radius 2 is 1.79 bits per heavy atom. The number of halogens is 1. The van der Waals surface area contributed by atoms with E-state index in [-0.39, 0.29) is 5.56 Å². The number of hydrogen-bond acceptors (Lipinski definition) is 2. The molecule has 0 aliphatic carbocycles. The fourth-order valence-corrected chi connectivity index (χ4v) is 1.90. The van der Waals surface area contributed by atoms with Crippen molar-refractivity contribution in [2.45, 2.75) is 5.60 Å². The average Bonchev–Trinajstić information content (AvgIpc) is 2.47. The van der Waals surface area contributed by atoms with E-state index in [1.807, 2.05) is 0 Å². The molecule has 1 unspecified atom stereocenters. The Balaban J connectivity index is 2.54. The summed E-state index contributed by atoms with van der Waals surface area (Å²) in [5.41, 5.74) is -1.32. The third-order valence-electron chi connectivity index (χ3n) is 2.98. The molecule has 2 aromatic rings. The minimum atomic E-state index is -1.79. The highest BCUT2D eigenvalue weighted by molar-refractivity contribution is 5.45. The lowest BCUT2D eigenvalue weighted by Crippen LogP contribution is -2.26. The van der Waals surface area contributed by atoms with Gasteiger partial charge in [-0.05, 0) is 18.2 Å². The Morgan fingerprint density at radius 1 is 1.16 bits per heavy atom. The molecule has 0 amide bonds. The normalized spacial score (nSPS) is 13.4. The van der Waals surface area contributed by atoms with Gasteiger partial charge in [-0.25, -0.2) is 4.39 Å². The Morgan fingerprint density at radius 3 is 2.32 bits per heavy atom. The molecule has 0 spiro atoms. The van der Waals surface area contributed by atoms with Crippen LogP contribution in [0.25, 0.3) is 0 Å². The van der Waals surface area contributed by atoms with E-state index in [1.165, 1.54) is 12.1 Å². The van der Waals surface area contributed by atoms with E-state index in [2.05, 4.69) is 5.92 Å². The van der Waals surface area contributed by atoms with Crippen molar-refractivity contribution >= 4 is 0 Å². The summed E-state index contributed by atoms with van der Waals surface area (Å²) in [7, 11) is 1.54. The fraction of sp³-hybridized carbons (Fsp3) is 0.125. The molecule has 0 saturated heterocycles. The number of terminal acetylenes is 1. The van der Waals surface area contributed by atoms with Gasteiger partial charge in [-0.15, -0.1) is 6.42 Å². The lowest BCUT2D eigenvalue weighted by molar-refractivity contribution is 0.140. The van der Waals surface area contributed by atoms with Crippen molar-refractivity contribution in [2.75, 3.05) is 7.11 Å². The van der Waals surface area contributed by atoms with E-state index in [9.17, 15) is 9.50 Å². The molecule has 2 nitrogen and oxygen atoms in total. The first kappa shape index (κ1) is 13.1. The molecule has 1 atom stereocenters. The van der Waals surface area contributed by atoms with Gasteiger partial charge in [-0.1, -0.05) is 36.3 Å². The van der Waals surface area contributed by atoms with Crippen LogP contribution in [0.3, 0.4) is 0 Å². The summed E-state index contributed by atoms with van der Waals surface area (Å²) in [6.45, 7) is 0. The first-order valence-corrected chi connectivity index (χ1v) is 5.71. The van der Waals surface area contributed by atoms with E-state index in [0.29, 0.717) is 11.3 Å². The topological polar surface area (TPSA) is 29.5 Å². The second kappa shape index (κ2) is 5.13. The van der Waals surface area contributed by atoms with Crippen LogP contribution in [0.15, 0.2) is 48.5 Å². The quantitative estimate of drug-likeness (QED) is 0.856. The molecule has 0 heterocycles. The van der Waals surface area contributed by atoms with E-state index in [1.54, 1.807) is 43.5 Å². The van der Waals surface area contributed by atoms with Crippen molar-refractivity contribution in [1.29, 1.82) is 0 Å². The van der Waals surface area contributed by atoms with Gasteiger partial charge in [0.2, 0.25) is 0 Å². The van der Waals surface area contributed by atoms with Crippen molar-refractivity contribution < 1.29 is 14.2 Å². The van der Waals surface area contributed by atoms with Crippen molar-refractivity contribution in [2.24, 2.45) is 0 Å². The molecule has 96 valence electrons. The third-order valence-corrected chi connectivity index (χ3v) is 2.98. The van der Waals surface area contributed by atoms with Gasteiger partial charge in [0.25, 0.3) is 0 Å². The van der Waals surface area contributed by atoms with E-state index in [0.717, 1.165) is 0 Å². The standard InChI is InChI=1S/C16H13FO2/c1-3-16(18,14-6-4-5-7-15(14)17)12-8-10-13(19-2)11-9-12/h1,4-11,18H,2H3. The maximum absolute atomic E-state index is 13.8. The molecule has 0 aliphatic heterocycles. The zero-order chi connectivity index (χ0) is 13.9. The highest BCUT2D eigenvalue weighted by Gasteiger charge is 2.31. The summed E-state index contributed by atoms with van der Waals surface area (Å²) >= 11 is 0. The zero-order valence-electron chi connectivity index (χ0n) is 10.4. The van der Waals surface area contributed by atoms with Crippen LogP contribution in [-0.4, -0.2) is 12.2 Å². The molecule has 0 fully saturated rings. The van der Waals surface area contributed by atoms with Crippen LogP contribution in [0.1, 0.15) is 11.1 Å². The van der Waals surface area contributed by atoms with Crippen LogP contribution in [0, 0.1) is 18.2 Å². The Bertz CT molecular complexity index is 613. The minimum Gasteiger partial charge on any atom is -0.497 e. The molecule has 0 radical (unpaired) electrons. The first-order valence-electron chi connectivity index (χ1n) is 5.71. The largest absolute Gasteiger partial charge is 0.497 e. The van der Waals surface area contributed by atoms with E-state index >= 15 is 0 Å². The number of hydrogen-bond donors (Lipinski definition) is 1. The molecule has 0 bridgehead atoms. The fourth-order valence-electron chi connectivity index (χ4n) is 1.90. The molecule has 0 aliphatic rings. The number of methoxy groups -OCH3 is 1. The molecule has 0 aromatic heterocycles. The zero-order valence-corrected chi connectivity index (χ0v) is 10.4. The van der Waals surface area contributed by atoms with Gasteiger partial charge in [0.05, 0.1) is 7.11 Å². The SMILES string of the molecule is C#CC(O)(c1ccc(OC)cc1)c1ccccc1F. The summed E-state index contributed by atoms with van der Waals surface area (Å²) in [6.07, 6.45) is 5.41. The van der Waals surface area contributed by atoms with Crippen LogP contribution in [0.5, 0.6) is 5.75 Å². The third kappa shape index (κ3) is 2.31. The van der Waals surface area contributed by atoms with Crippen LogP contribution >= 0.6 is 0 Å². The predicted octanol–water partition coefficient (Wildman–Crippen LogP) is 2.70. The number of ether oxygens (including phenoxy) is 1. The van der Waals surface area contributed by atoms with Gasteiger partial charge in [0.15, 0.2) is 5.60 Å². The number of rotatable bonds is 3. The monoisotopic (exact) mass is 256 g/mol. The summed E-state index contributed by atoms with van der Waals surface area (Å²) < 4.78 is 18.9. The van der Waals surface area contributed by atoms with Crippen LogP contribution in [0.4, 0.5) is 4.39 Å². The average molecular weight is 256 g/mol. The Hall–Kier alpha value is -2.31. The van der Waals surface area contributed by atoms with Crippen LogP contribution in [0.2, 0.25) is 0 Å². The summed E-state index contributed by atoms with van der Waals surface area (Å²) in [6, 6.07) is 12.5. The first-order chi connectivity index (χ1) is 9.11. The van der Waals surface area contributed by atoms with Crippen molar-refractivity contribution in [3.8, 4) is 18.1 Å². The van der Waals surface area contributed by atoms with Crippen molar-refractivity contribution in [1.82, 2.24) is 0 Å². The molecule has 2 rings (SSSR count). The molecule has 3 heteroatoms. The van der Waals surface area contributed by atoms with Gasteiger partial charge >= 0.3 is 0 Å². The molecule has 0 saturated carbocycles. The summed E-state index contributed by atoms with van der Waals surface area (Å²) in [5.74, 6) is 2.36.